The Labute approximate surface area is 101 Å². The Morgan fingerprint density at radius 3 is 2.94 bits per heavy atom. The van der Waals surface area contributed by atoms with Gasteiger partial charge < -0.3 is 9.47 Å². The van der Waals surface area contributed by atoms with Gasteiger partial charge in [-0.2, -0.15) is 0 Å². The van der Waals surface area contributed by atoms with Crippen molar-refractivity contribution in [1.82, 2.24) is 0 Å². The maximum atomic E-state index is 5.80. The van der Waals surface area contributed by atoms with Crippen molar-refractivity contribution in [2.75, 3.05) is 6.54 Å². The predicted molar refractivity (Wildman–Crippen MR) is 66.5 cm³/mol. The number of aliphatic imine (C=N–C) groups is 1. The summed E-state index contributed by atoms with van der Waals surface area (Å²) in [5.74, 6) is 1.62. The second-order valence-corrected chi connectivity index (χ2v) is 5.00. The number of hydrogen-bond acceptors (Lipinski definition) is 3. The van der Waals surface area contributed by atoms with Crippen LogP contribution in [0, 0.1) is 0 Å². The van der Waals surface area contributed by atoms with Gasteiger partial charge in [0.2, 0.25) is 5.90 Å². The van der Waals surface area contributed by atoms with Gasteiger partial charge in [-0.15, -0.1) is 0 Å². The number of allylic oxidation sites excluding steroid dienone is 1. The van der Waals surface area contributed by atoms with Crippen LogP contribution in [0.15, 0.2) is 35.5 Å². The largest absolute Gasteiger partial charge is 0.469 e. The van der Waals surface area contributed by atoms with Gasteiger partial charge in [-0.25, -0.2) is 4.99 Å². The van der Waals surface area contributed by atoms with E-state index in [0.717, 1.165) is 23.6 Å². The minimum atomic E-state index is -0.188. The molecule has 88 valence electrons. The maximum absolute atomic E-state index is 5.80. The van der Waals surface area contributed by atoms with E-state index in [4.69, 9.17) is 9.47 Å². The minimum Gasteiger partial charge on any atom is -0.469 e. The van der Waals surface area contributed by atoms with E-state index in [0.29, 0.717) is 6.54 Å². The van der Waals surface area contributed by atoms with E-state index >= 15 is 0 Å². The molecule has 1 aromatic rings. The first-order valence-corrected chi connectivity index (χ1v) is 5.82. The summed E-state index contributed by atoms with van der Waals surface area (Å²) in [6.07, 6.45) is 4.66. The monoisotopic (exact) mass is 229 g/mol. The highest BCUT2D eigenvalue weighted by Gasteiger charge is 2.28. The van der Waals surface area contributed by atoms with Crippen LogP contribution in [0.1, 0.15) is 25.0 Å². The van der Waals surface area contributed by atoms with Gasteiger partial charge in [-0.3, -0.25) is 0 Å². The summed E-state index contributed by atoms with van der Waals surface area (Å²) in [5.41, 5.74) is 2.00. The maximum Gasteiger partial charge on any atom is 0.216 e. The average molecular weight is 229 g/mol. The molecule has 0 atom stereocenters. The van der Waals surface area contributed by atoms with Gasteiger partial charge >= 0.3 is 0 Å². The Morgan fingerprint density at radius 2 is 2.18 bits per heavy atom. The third kappa shape index (κ3) is 1.93. The van der Waals surface area contributed by atoms with Crippen molar-refractivity contribution >= 4 is 5.90 Å². The number of ether oxygens (including phenoxy) is 2. The standard InChI is InChI=1S/C14H15NO2/c1-14(2)9-15-13(17-14)11-6-5-10-4-3-7-16-12(10)8-11/h3,5-8H,4,9H2,1-2H3. The molecule has 0 saturated heterocycles. The molecule has 0 fully saturated rings. The summed E-state index contributed by atoms with van der Waals surface area (Å²) in [6.45, 7) is 4.79. The first-order valence-electron chi connectivity index (χ1n) is 5.82. The van der Waals surface area contributed by atoms with Crippen LogP contribution < -0.4 is 4.74 Å². The molecule has 2 aliphatic rings. The minimum absolute atomic E-state index is 0.188. The van der Waals surface area contributed by atoms with Gasteiger partial charge in [0.25, 0.3) is 0 Å². The van der Waals surface area contributed by atoms with Gasteiger partial charge in [0.15, 0.2) is 0 Å². The highest BCUT2D eigenvalue weighted by Crippen LogP contribution is 2.27. The lowest BCUT2D eigenvalue weighted by atomic mass is 10.1. The van der Waals surface area contributed by atoms with E-state index in [1.165, 1.54) is 5.56 Å². The highest BCUT2D eigenvalue weighted by molar-refractivity contribution is 5.96. The second kappa shape index (κ2) is 3.62. The first kappa shape index (κ1) is 10.4. The number of rotatable bonds is 1. The summed E-state index contributed by atoms with van der Waals surface area (Å²) in [4.78, 5) is 4.43. The number of fused-ring (bicyclic) bond motifs is 1. The molecule has 0 saturated carbocycles. The zero-order valence-corrected chi connectivity index (χ0v) is 10.1. The molecule has 0 bridgehead atoms. The Bertz CT molecular complexity index is 515. The quantitative estimate of drug-likeness (QED) is 0.741. The molecule has 3 heteroatoms. The molecule has 0 aliphatic carbocycles. The van der Waals surface area contributed by atoms with E-state index in [1.54, 1.807) is 6.26 Å². The van der Waals surface area contributed by atoms with Crippen LogP contribution in [0.2, 0.25) is 0 Å². The molecule has 17 heavy (non-hydrogen) atoms. The van der Waals surface area contributed by atoms with Gasteiger partial charge in [0, 0.05) is 5.56 Å². The van der Waals surface area contributed by atoms with Crippen molar-refractivity contribution in [2.45, 2.75) is 25.9 Å². The molecule has 1 aromatic carbocycles. The normalized spacial score (nSPS) is 20.2. The van der Waals surface area contributed by atoms with Gasteiger partial charge in [-0.1, -0.05) is 6.07 Å². The Morgan fingerprint density at radius 1 is 1.29 bits per heavy atom. The molecule has 2 heterocycles. The number of nitrogens with zero attached hydrogens (tertiary/aromatic N) is 1. The fourth-order valence-electron chi connectivity index (χ4n) is 2.00. The number of benzene rings is 1. The van der Waals surface area contributed by atoms with Crippen LogP contribution in [0.25, 0.3) is 0 Å². The molecule has 3 rings (SSSR count). The molecule has 3 nitrogen and oxygen atoms in total. The molecule has 0 aromatic heterocycles. The summed E-state index contributed by atoms with van der Waals surface area (Å²) < 4.78 is 11.3. The third-order valence-corrected chi connectivity index (χ3v) is 2.92. The molecular weight excluding hydrogens is 214 g/mol. The summed E-state index contributed by atoms with van der Waals surface area (Å²) in [7, 11) is 0. The van der Waals surface area contributed by atoms with Crippen molar-refractivity contribution < 1.29 is 9.47 Å². The molecule has 2 aliphatic heterocycles. The molecular formula is C14H15NO2. The zero-order valence-electron chi connectivity index (χ0n) is 10.1. The van der Waals surface area contributed by atoms with Crippen LogP contribution in [-0.4, -0.2) is 18.0 Å². The van der Waals surface area contributed by atoms with Crippen LogP contribution in [0.3, 0.4) is 0 Å². The van der Waals surface area contributed by atoms with Crippen LogP contribution in [-0.2, 0) is 11.2 Å². The summed E-state index contributed by atoms with van der Waals surface area (Å²) in [6, 6.07) is 6.12. The molecule has 0 amide bonds. The Kier molecular flexibility index (Phi) is 2.21. The topological polar surface area (TPSA) is 30.8 Å². The highest BCUT2D eigenvalue weighted by atomic mass is 16.5. The van der Waals surface area contributed by atoms with Gasteiger partial charge in [0.05, 0.1) is 12.8 Å². The Hall–Kier alpha value is -1.77. The van der Waals surface area contributed by atoms with Crippen LogP contribution in [0.4, 0.5) is 0 Å². The lowest BCUT2D eigenvalue weighted by Gasteiger charge is -2.18. The van der Waals surface area contributed by atoms with Crippen LogP contribution in [0.5, 0.6) is 5.75 Å². The van der Waals surface area contributed by atoms with Crippen molar-refractivity contribution in [3.63, 3.8) is 0 Å². The zero-order chi connectivity index (χ0) is 11.9. The first-order chi connectivity index (χ1) is 8.14. The van der Waals surface area contributed by atoms with Crippen molar-refractivity contribution in [3.05, 3.63) is 41.7 Å². The second-order valence-electron chi connectivity index (χ2n) is 5.00. The van der Waals surface area contributed by atoms with E-state index in [2.05, 4.69) is 11.1 Å². The summed E-state index contributed by atoms with van der Waals surface area (Å²) >= 11 is 0. The lowest BCUT2D eigenvalue weighted by molar-refractivity contribution is 0.131. The summed E-state index contributed by atoms with van der Waals surface area (Å²) in [5, 5.41) is 0. The third-order valence-electron chi connectivity index (χ3n) is 2.92. The van der Waals surface area contributed by atoms with Crippen LogP contribution >= 0.6 is 0 Å². The van der Waals surface area contributed by atoms with Crippen molar-refractivity contribution in [2.24, 2.45) is 4.99 Å². The van der Waals surface area contributed by atoms with Crippen molar-refractivity contribution in [3.8, 4) is 5.75 Å². The smallest absolute Gasteiger partial charge is 0.216 e. The SMILES string of the molecule is CC1(C)CN=C(c2ccc3c(c2)OC=CC3)O1. The van der Waals surface area contributed by atoms with E-state index in [-0.39, 0.29) is 5.60 Å². The van der Waals surface area contributed by atoms with Crippen molar-refractivity contribution in [1.29, 1.82) is 0 Å². The van der Waals surface area contributed by atoms with E-state index in [9.17, 15) is 0 Å². The van der Waals surface area contributed by atoms with Gasteiger partial charge in [0.1, 0.15) is 11.4 Å². The van der Waals surface area contributed by atoms with E-state index < -0.39 is 0 Å². The lowest BCUT2D eigenvalue weighted by Crippen LogP contribution is -2.24. The predicted octanol–water partition coefficient (Wildman–Crippen LogP) is 2.69. The molecule has 0 spiro atoms. The fourth-order valence-corrected chi connectivity index (χ4v) is 2.00. The number of hydrogen-bond donors (Lipinski definition) is 0. The fraction of sp³-hybridized carbons (Fsp3) is 0.357. The van der Waals surface area contributed by atoms with E-state index in [1.807, 2.05) is 32.1 Å². The molecule has 0 N–H and O–H groups in total. The van der Waals surface area contributed by atoms with Gasteiger partial charge in [-0.05, 0) is 44.0 Å². The molecule has 0 radical (unpaired) electrons. The average Bonchev–Trinajstić information content (AvgIpc) is 2.69. The Balaban J connectivity index is 1.91. The molecule has 0 unspecified atom stereocenters.